The van der Waals surface area contributed by atoms with Crippen LogP contribution >= 0.6 is 11.8 Å². The molecule has 0 bridgehead atoms. The fraction of sp³-hybridized carbons (Fsp3) is 0.318. The van der Waals surface area contributed by atoms with Gasteiger partial charge in [-0.05, 0) is 25.1 Å². The summed E-state index contributed by atoms with van der Waals surface area (Å²) in [5.41, 5.74) is 2.88. The third-order valence-corrected chi connectivity index (χ3v) is 5.75. The van der Waals surface area contributed by atoms with Gasteiger partial charge in [0.15, 0.2) is 0 Å². The standard InChI is InChI=1S/C22H24N4O2S/c1-16-6-8-17(9-7-16)23-21(27)15-29-22-18-4-2-3-5-19(18)24-20(25-22)14-26-10-12-28-13-11-26/h2-9H,10-15H2,1H3,(H,23,27). The number of nitrogens with zero attached hydrogens (tertiary/aromatic N) is 3. The highest BCUT2D eigenvalue weighted by Gasteiger charge is 2.15. The number of carbonyl (C=O) groups is 1. The van der Waals surface area contributed by atoms with Crippen molar-refractivity contribution in [3.05, 3.63) is 59.9 Å². The number of aryl methyl sites for hydroxylation is 1. The SMILES string of the molecule is Cc1ccc(NC(=O)CSc2nc(CN3CCOCC3)nc3ccccc23)cc1. The van der Waals surface area contributed by atoms with Crippen LogP contribution in [0.1, 0.15) is 11.4 Å². The van der Waals surface area contributed by atoms with E-state index in [1.54, 1.807) is 0 Å². The molecule has 0 unspecified atom stereocenters. The lowest BCUT2D eigenvalue weighted by Gasteiger charge is -2.25. The van der Waals surface area contributed by atoms with Gasteiger partial charge in [-0.3, -0.25) is 9.69 Å². The largest absolute Gasteiger partial charge is 0.379 e. The molecule has 0 atom stereocenters. The number of hydrogen-bond acceptors (Lipinski definition) is 6. The zero-order chi connectivity index (χ0) is 20.1. The number of benzene rings is 2. The smallest absolute Gasteiger partial charge is 0.234 e. The lowest BCUT2D eigenvalue weighted by molar-refractivity contribution is -0.113. The van der Waals surface area contributed by atoms with Gasteiger partial charge in [-0.2, -0.15) is 0 Å². The molecule has 1 amide bonds. The molecule has 1 aromatic heterocycles. The Morgan fingerprint density at radius 1 is 1.10 bits per heavy atom. The molecular formula is C22H24N4O2S. The molecule has 2 heterocycles. The molecule has 7 heteroatoms. The fourth-order valence-corrected chi connectivity index (χ4v) is 4.04. The topological polar surface area (TPSA) is 67.4 Å². The molecular weight excluding hydrogens is 384 g/mol. The van der Waals surface area contributed by atoms with Gasteiger partial charge in [-0.15, -0.1) is 0 Å². The van der Waals surface area contributed by atoms with Crippen molar-refractivity contribution in [2.24, 2.45) is 0 Å². The molecule has 29 heavy (non-hydrogen) atoms. The van der Waals surface area contributed by atoms with E-state index in [1.807, 2.05) is 55.5 Å². The molecule has 0 radical (unpaired) electrons. The zero-order valence-corrected chi connectivity index (χ0v) is 17.2. The predicted molar refractivity (Wildman–Crippen MR) is 116 cm³/mol. The fourth-order valence-electron chi connectivity index (χ4n) is 3.20. The monoisotopic (exact) mass is 408 g/mol. The average Bonchev–Trinajstić information content (AvgIpc) is 2.74. The predicted octanol–water partition coefficient (Wildman–Crippen LogP) is 3.50. The van der Waals surface area contributed by atoms with Crippen LogP contribution in [0.25, 0.3) is 10.9 Å². The Bertz CT molecular complexity index is 988. The minimum atomic E-state index is -0.0451. The molecule has 150 valence electrons. The molecule has 1 aliphatic rings. The van der Waals surface area contributed by atoms with E-state index in [4.69, 9.17) is 14.7 Å². The van der Waals surface area contributed by atoms with Crippen molar-refractivity contribution in [2.75, 3.05) is 37.4 Å². The number of nitrogens with one attached hydrogen (secondary N) is 1. The summed E-state index contributed by atoms with van der Waals surface area (Å²) in [6, 6.07) is 15.8. The number of aromatic nitrogens is 2. The van der Waals surface area contributed by atoms with E-state index in [0.717, 1.165) is 59.3 Å². The normalized spacial score (nSPS) is 14.8. The highest BCUT2D eigenvalue weighted by molar-refractivity contribution is 8.00. The Morgan fingerprint density at radius 3 is 2.66 bits per heavy atom. The molecule has 1 fully saturated rings. The van der Waals surface area contributed by atoms with E-state index in [0.29, 0.717) is 12.3 Å². The van der Waals surface area contributed by atoms with E-state index < -0.39 is 0 Å². The summed E-state index contributed by atoms with van der Waals surface area (Å²) in [6.45, 7) is 5.98. The van der Waals surface area contributed by atoms with Crippen LogP contribution in [-0.4, -0.2) is 52.8 Å². The van der Waals surface area contributed by atoms with Crippen molar-refractivity contribution in [3.8, 4) is 0 Å². The maximum atomic E-state index is 12.4. The van der Waals surface area contributed by atoms with E-state index >= 15 is 0 Å². The van der Waals surface area contributed by atoms with Gasteiger partial charge >= 0.3 is 0 Å². The summed E-state index contributed by atoms with van der Waals surface area (Å²) in [4.78, 5) is 24.2. The summed E-state index contributed by atoms with van der Waals surface area (Å²) in [5, 5.41) is 4.77. The van der Waals surface area contributed by atoms with Crippen molar-refractivity contribution in [2.45, 2.75) is 18.5 Å². The van der Waals surface area contributed by atoms with Crippen LogP contribution in [0.2, 0.25) is 0 Å². The van der Waals surface area contributed by atoms with Crippen molar-refractivity contribution in [3.63, 3.8) is 0 Å². The van der Waals surface area contributed by atoms with Crippen LogP contribution in [-0.2, 0) is 16.1 Å². The minimum absolute atomic E-state index is 0.0451. The molecule has 0 spiro atoms. The Morgan fingerprint density at radius 2 is 1.86 bits per heavy atom. The first-order chi connectivity index (χ1) is 14.2. The van der Waals surface area contributed by atoms with Gasteiger partial charge in [0.25, 0.3) is 0 Å². The van der Waals surface area contributed by atoms with Gasteiger partial charge in [-0.25, -0.2) is 9.97 Å². The number of carbonyl (C=O) groups excluding carboxylic acids is 1. The third-order valence-electron chi connectivity index (χ3n) is 4.76. The van der Waals surface area contributed by atoms with Crippen LogP contribution in [0.15, 0.2) is 53.6 Å². The first-order valence-electron chi connectivity index (χ1n) is 9.72. The molecule has 0 aliphatic carbocycles. The number of hydrogen-bond donors (Lipinski definition) is 1. The Labute approximate surface area is 174 Å². The van der Waals surface area contributed by atoms with Gasteiger partial charge in [0.1, 0.15) is 10.9 Å². The number of anilines is 1. The highest BCUT2D eigenvalue weighted by Crippen LogP contribution is 2.26. The number of morpholine rings is 1. The van der Waals surface area contributed by atoms with Crippen LogP contribution in [0, 0.1) is 6.92 Å². The minimum Gasteiger partial charge on any atom is -0.379 e. The van der Waals surface area contributed by atoms with Crippen molar-refractivity contribution >= 4 is 34.3 Å². The molecule has 3 aromatic rings. The lowest BCUT2D eigenvalue weighted by Crippen LogP contribution is -2.36. The molecule has 4 rings (SSSR count). The Balaban J connectivity index is 1.47. The first kappa shape index (κ1) is 19.8. The number of ether oxygens (including phenoxy) is 1. The van der Waals surface area contributed by atoms with Gasteiger partial charge in [0.05, 0.1) is 31.0 Å². The molecule has 1 N–H and O–H groups in total. The summed E-state index contributed by atoms with van der Waals surface area (Å²) in [5.74, 6) is 1.04. The summed E-state index contributed by atoms with van der Waals surface area (Å²) in [6.07, 6.45) is 0. The second-order valence-corrected chi connectivity index (χ2v) is 8.02. The van der Waals surface area contributed by atoms with Gasteiger partial charge in [-0.1, -0.05) is 47.7 Å². The van der Waals surface area contributed by atoms with Crippen LogP contribution in [0.4, 0.5) is 5.69 Å². The second kappa shape index (κ2) is 9.35. The van der Waals surface area contributed by atoms with Crippen molar-refractivity contribution < 1.29 is 9.53 Å². The molecule has 2 aromatic carbocycles. The summed E-state index contributed by atoms with van der Waals surface area (Å²) < 4.78 is 5.42. The summed E-state index contributed by atoms with van der Waals surface area (Å²) >= 11 is 1.45. The molecule has 1 saturated heterocycles. The van der Waals surface area contributed by atoms with E-state index in [1.165, 1.54) is 11.8 Å². The second-order valence-electron chi connectivity index (χ2n) is 7.05. The number of rotatable bonds is 6. The van der Waals surface area contributed by atoms with Gasteiger partial charge in [0, 0.05) is 24.2 Å². The average molecular weight is 409 g/mol. The van der Waals surface area contributed by atoms with E-state index in [2.05, 4.69) is 10.2 Å². The number of amides is 1. The van der Waals surface area contributed by atoms with Gasteiger partial charge in [0.2, 0.25) is 5.91 Å². The van der Waals surface area contributed by atoms with E-state index in [-0.39, 0.29) is 5.91 Å². The molecule has 6 nitrogen and oxygen atoms in total. The Kier molecular flexibility index (Phi) is 6.39. The number of thioether (sulfide) groups is 1. The number of para-hydroxylation sites is 1. The number of fused-ring (bicyclic) bond motifs is 1. The van der Waals surface area contributed by atoms with Crippen LogP contribution in [0.5, 0.6) is 0 Å². The maximum Gasteiger partial charge on any atom is 0.234 e. The van der Waals surface area contributed by atoms with Crippen LogP contribution in [0.3, 0.4) is 0 Å². The quantitative estimate of drug-likeness (QED) is 0.497. The van der Waals surface area contributed by atoms with E-state index in [9.17, 15) is 4.79 Å². The van der Waals surface area contributed by atoms with Crippen LogP contribution < -0.4 is 5.32 Å². The summed E-state index contributed by atoms with van der Waals surface area (Å²) in [7, 11) is 0. The van der Waals surface area contributed by atoms with Gasteiger partial charge < -0.3 is 10.1 Å². The zero-order valence-electron chi connectivity index (χ0n) is 16.4. The first-order valence-corrected chi connectivity index (χ1v) is 10.7. The molecule has 0 saturated carbocycles. The molecule has 1 aliphatic heterocycles. The lowest BCUT2D eigenvalue weighted by atomic mass is 10.2. The van der Waals surface area contributed by atoms with Crippen molar-refractivity contribution in [1.82, 2.24) is 14.9 Å². The Hall–Kier alpha value is -2.48. The maximum absolute atomic E-state index is 12.4. The third kappa shape index (κ3) is 5.32. The van der Waals surface area contributed by atoms with Crippen molar-refractivity contribution in [1.29, 1.82) is 0 Å². The highest BCUT2D eigenvalue weighted by atomic mass is 32.2.